The second-order valence-electron chi connectivity index (χ2n) is 7.50. The molecule has 2 aromatic carbocycles. The Kier molecular flexibility index (Phi) is 5.73. The molecule has 0 N–H and O–H groups in total. The first-order chi connectivity index (χ1) is 16.6. The number of carbonyl (C=O) groups is 1. The molecule has 0 radical (unpaired) electrons. The third kappa shape index (κ3) is 4.36. The molecule has 0 amide bonds. The van der Waals surface area contributed by atoms with Crippen LogP contribution in [0.3, 0.4) is 0 Å². The highest BCUT2D eigenvalue weighted by Crippen LogP contribution is 2.25. The highest BCUT2D eigenvalue weighted by atomic mass is 19.1. The molecule has 0 aliphatic rings. The van der Waals surface area contributed by atoms with Gasteiger partial charge in [-0.15, -0.1) is 0 Å². The lowest BCUT2D eigenvalue weighted by molar-refractivity contribution is 0.0990. The zero-order valence-electron chi connectivity index (χ0n) is 17.7. The summed E-state index contributed by atoms with van der Waals surface area (Å²) in [5.41, 5.74) is 2.20. The second kappa shape index (κ2) is 9.14. The number of rotatable bonds is 7. The number of halogens is 2. The van der Waals surface area contributed by atoms with Gasteiger partial charge in [-0.05, 0) is 12.1 Å². The van der Waals surface area contributed by atoms with E-state index in [1.54, 1.807) is 65.3 Å². The first kappa shape index (κ1) is 21.3. The Morgan fingerprint density at radius 2 is 1.74 bits per heavy atom. The van der Waals surface area contributed by atoms with Crippen molar-refractivity contribution in [2.75, 3.05) is 0 Å². The fourth-order valence-corrected chi connectivity index (χ4v) is 3.51. The highest BCUT2D eigenvalue weighted by molar-refractivity contribution is 5.97. The summed E-state index contributed by atoms with van der Waals surface area (Å²) in [6.45, 7) is 0.120. The summed E-state index contributed by atoms with van der Waals surface area (Å²) in [7, 11) is 0. The third-order valence-corrected chi connectivity index (χ3v) is 5.23. The maximum absolute atomic E-state index is 14.4. The molecule has 5 rings (SSSR count). The zero-order chi connectivity index (χ0) is 23.5. The van der Waals surface area contributed by atoms with E-state index in [0.717, 1.165) is 6.20 Å². The van der Waals surface area contributed by atoms with Crippen LogP contribution in [0.2, 0.25) is 0 Å². The van der Waals surface area contributed by atoms with Crippen LogP contribution in [0.15, 0.2) is 83.7 Å². The Balaban J connectivity index is 1.51. The molecule has 0 unspecified atom stereocenters. The molecular formula is C25H17F2N5O2. The van der Waals surface area contributed by atoms with Gasteiger partial charge in [-0.25, -0.2) is 18.7 Å². The van der Waals surface area contributed by atoms with Crippen LogP contribution in [0.25, 0.3) is 22.9 Å². The van der Waals surface area contributed by atoms with E-state index in [0.29, 0.717) is 28.2 Å². The number of nitrogens with zero attached hydrogens (tertiary/aromatic N) is 5. The van der Waals surface area contributed by atoms with Gasteiger partial charge in [0.15, 0.2) is 17.4 Å². The van der Waals surface area contributed by atoms with E-state index in [1.165, 1.54) is 12.3 Å². The lowest BCUT2D eigenvalue weighted by Gasteiger charge is -2.06. The maximum atomic E-state index is 14.4. The standard InChI is InChI=1S/C25H17F2N5O2/c26-18-9-5-4-8-17(18)15-32-23(20-10-11-34-31-20)12-22(30-32)25-28-14-19(27)21(29-25)13-24(33)16-6-2-1-3-7-16/h1-12,14H,13,15H2. The Labute approximate surface area is 192 Å². The van der Waals surface area contributed by atoms with Crippen molar-refractivity contribution in [1.29, 1.82) is 0 Å². The highest BCUT2D eigenvalue weighted by Gasteiger charge is 2.19. The molecule has 0 saturated heterocycles. The van der Waals surface area contributed by atoms with Crippen LogP contribution in [-0.2, 0) is 13.0 Å². The summed E-state index contributed by atoms with van der Waals surface area (Å²) >= 11 is 0. The fourth-order valence-electron chi connectivity index (χ4n) is 3.51. The number of benzene rings is 2. The molecule has 0 aliphatic carbocycles. The number of aromatic nitrogens is 5. The van der Waals surface area contributed by atoms with Gasteiger partial charge >= 0.3 is 0 Å². The van der Waals surface area contributed by atoms with Gasteiger partial charge in [-0.2, -0.15) is 5.10 Å². The number of hydrogen-bond acceptors (Lipinski definition) is 6. The van der Waals surface area contributed by atoms with Crippen molar-refractivity contribution < 1.29 is 18.1 Å². The summed E-state index contributed by atoms with van der Waals surface area (Å²) in [4.78, 5) is 20.9. The first-order valence-electron chi connectivity index (χ1n) is 10.4. The van der Waals surface area contributed by atoms with Gasteiger partial charge in [0.2, 0.25) is 0 Å². The molecule has 0 fully saturated rings. The summed E-state index contributed by atoms with van der Waals surface area (Å²) < 4.78 is 35.2. The van der Waals surface area contributed by atoms with Crippen LogP contribution < -0.4 is 0 Å². The zero-order valence-corrected chi connectivity index (χ0v) is 17.7. The predicted molar refractivity (Wildman–Crippen MR) is 119 cm³/mol. The number of hydrogen-bond donors (Lipinski definition) is 0. The van der Waals surface area contributed by atoms with E-state index in [4.69, 9.17) is 4.52 Å². The SMILES string of the molecule is O=C(Cc1nc(-c2cc(-c3ccon3)n(Cc3ccccc3F)n2)ncc1F)c1ccccc1. The molecule has 3 aromatic heterocycles. The first-order valence-corrected chi connectivity index (χ1v) is 10.4. The minimum absolute atomic E-state index is 0.0366. The normalized spacial score (nSPS) is 11.0. The Morgan fingerprint density at radius 3 is 2.50 bits per heavy atom. The number of Topliss-reactive ketones (excluding diaryl/α,β-unsaturated/α-hetero) is 1. The minimum atomic E-state index is -0.685. The summed E-state index contributed by atoms with van der Waals surface area (Å²) in [5, 5.41) is 8.46. The van der Waals surface area contributed by atoms with Crippen molar-refractivity contribution >= 4 is 5.78 Å². The molecule has 0 bridgehead atoms. The van der Waals surface area contributed by atoms with E-state index >= 15 is 0 Å². The lowest BCUT2D eigenvalue weighted by atomic mass is 10.1. The second-order valence-corrected chi connectivity index (χ2v) is 7.50. The molecule has 0 aliphatic heterocycles. The Morgan fingerprint density at radius 1 is 0.941 bits per heavy atom. The van der Waals surface area contributed by atoms with Crippen molar-refractivity contribution in [2.24, 2.45) is 0 Å². The maximum Gasteiger partial charge on any atom is 0.180 e. The average Bonchev–Trinajstić information content (AvgIpc) is 3.53. The van der Waals surface area contributed by atoms with Crippen molar-refractivity contribution in [1.82, 2.24) is 24.9 Å². The van der Waals surface area contributed by atoms with E-state index < -0.39 is 5.82 Å². The molecular weight excluding hydrogens is 440 g/mol. The predicted octanol–water partition coefficient (Wildman–Crippen LogP) is 4.75. The quantitative estimate of drug-likeness (QED) is 0.328. The van der Waals surface area contributed by atoms with E-state index in [2.05, 4.69) is 20.2 Å². The van der Waals surface area contributed by atoms with Crippen molar-refractivity contribution in [3.05, 3.63) is 108 Å². The minimum Gasteiger partial charge on any atom is -0.364 e. The third-order valence-electron chi connectivity index (χ3n) is 5.23. The summed E-state index contributed by atoms with van der Waals surface area (Å²) in [6.07, 6.45) is 2.20. The van der Waals surface area contributed by atoms with Crippen LogP contribution in [-0.4, -0.2) is 30.7 Å². The van der Waals surface area contributed by atoms with Gasteiger partial charge in [-0.1, -0.05) is 53.7 Å². The molecule has 7 nitrogen and oxygen atoms in total. The number of carbonyl (C=O) groups excluding carboxylic acids is 1. The van der Waals surface area contributed by atoms with E-state index in [9.17, 15) is 13.6 Å². The van der Waals surface area contributed by atoms with Crippen LogP contribution in [0.5, 0.6) is 0 Å². The lowest BCUT2D eigenvalue weighted by Crippen LogP contribution is -2.09. The van der Waals surface area contributed by atoms with Crippen molar-refractivity contribution in [3.8, 4) is 22.9 Å². The van der Waals surface area contributed by atoms with Gasteiger partial charge in [0.25, 0.3) is 0 Å². The fraction of sp³-hybridized carbons (Fsp3) is 0.0800. The monoisotopic (exact) mass is 457 g/mol. The van der Waals surface area contributed by atoms with Gasteiger partial charge in [0, 0.05) is 17.2 Å². The molecule has 0 atom stereocenters. The Hall–Kier alpha value is -4.53. The smallest absolute Gasteiger partial charge is 0.180 e. The topological polar surface area (TPSA) is 86.7 Å². The molecule has 3 heterocycles. The van der Waals surface area contributed by atoms with Crippen molar-refractivity contribution in [2.45, 2.75) is 13.0 Å². The van der Waals surface area contributed by atoms with Gasteiger partial charge < -0.3 is 4.52 Å². The van der Waals surface area contributed by atoms with E-state index in [-0.39, 0.29) is 36.1 Å². The molecule has 9 heteroatoms. The van der Waals surface area contributed by atoms with Crippen LogP contribution in [0, 0.1) is 11.6 Å². The molecule has 34 heavy (non-hydrogen) atoms. The van der Waals surface area contributed by atoms with Crippen molar-refractivity contribution in [3.63, 3.8) is 0 Å². The molecule has 0 spiro atoms. The number of ketones is 1. The van der Waals surface area contributed by atoms with Crippen LogP contribution in [0.1, 0.15) is 21.6 Å². The summed E-state index contributed by atoms with van der Waals surface area (Å²) in [6, 6.07) is 18.3. The largest absolute Gasteiger partial charge is 0.364 e. The van der Waals surface area contributed by atoms with Gasteiger partial charge in [0.1, 0.15) is 23.5 Å². The van der Waals surface area contributed by atoms with E-state index in [1.807, 2.05) is 0 Å². The van der Waals surface area contributed by atoms with Crippen LogP contribution in [0.4, 0.5) is 8.78 Å². The molecule has 168 valence electrons. The molecule has 0 saturated carbocycles. The summed E-state index contributed by atoms with van der Waals surface area (Å²) in [5.74, 6) is -1.19. The van der Waals surface area contributed by atoms with Gasteiger partial charge in [-0.3, -0.25) is 9.48 Å². The van der Waals surface area contributed by atoms with Crippen LogP contribution >= 0.6 is 0 Å². The Bertz CT molecular complexity index is 1450. The average molecular weight is 457 g/mol. The molecule has 5 aromatic rings. The van der Waals surface area contributed by atoms with Gasteiger partial charge in [0.05, 0.1) is 30.6 Å².